The molecule has 0 radical (unpaired) electrons. The minimum Gasteiger partial charge on any atom is -0.493 e. The molecule has 0 aromatic heterocycles. The van der Waals surface area contributed by atoms with Crippen LogP contribution in [0.3, 0.4) is 0 Å². The van der Waals surface area contributed by atoms with Crippen molar-refractivity contribution in [2.45, 2.75) is 32.6 Å². The van der Waals surface area contributed by atoms with Crippen molar-refractivity contribution in [1.29, 1.82) is 0 Å². The molecule has 102 valence electrons. The van der Waals surface area contributed by atoms with Crippen molar-refractivity contribution in [3.05, 3.63) is 29.8 Å². The molecule has 0 aliphatic carbocycles. The van der Waals surface area contributed by atoms with E-state index in [0.29, 0.717) is 5.92 Å². The number of nitrogens with two attached hydrogens (primary N) is 1. The first-order chi connectivity index (χ1) is 8.79. The van der Waals surface area contributed by atoms with Gasteiger partial charge in [0.05, 0.1) is 13.2 Å². The lowest BCUT2D eigenvalue weighted by Gasteiger charge is -2.15. The van der Waals surface area contributed by atoms with Gasteiger partial charge in [-0.05, 0) is 24.0 Å². The first kappa shape index (κ1) is 15.0. The van der Waals surface area contributed by atoms with E-state index in [1.807, 2.05) is 0 Å². The van der Waals surface area contributed by atoms with Gasteiger partial charge < -0.3 is 15.8 Å². The van der Waals surface area contributed by atoms with Gasteiger partial charge in [-0.2, -0.15) is 0 Å². The van der Waals surface area contributed by atoms with Crippen molar-refractivity contribution in [3.63, 3.8) is 0 Å². The maximum absolute atomic E-state index is 5.90. The Morgan fingerprint density at radius 3 is 2.78 bits per heavy atom. The van der Waals surface area contributed by atoms with E-state index < -0.39 is 0 Å². The zero-order chi connectivity index (χ0) is 13.2. The Labute approximate surface area is 111 Å². The molecule has 1 aromatic carbocycles. The summed E-state index contributed by atoms with van der Waals surface area (Å²) in [5.41, 5.74) is 5.16. The summed E-state index contributed by atoms with van der Waals surface area (Å²) in [5.74, 6) is 1.63. The zero-order valence-electron chi connectivity index (χ0n) is 11.8. The molecule has 0 bridgehead atoms. The van der Waals surface area contributed by atoms with E-state index in [1.165, 1.54) is 5.56 Å². The van der Waals surface area contributed by atoms with Gasteiger partial charge in [-0.3, -0.25) is 0 Å². The quantitative estimate of drug-likeness (QED) is 0.627. The van der Waals surface area contributed by atoms with Crippen molar-refractivity contribution in [2.75, 3.05) is 26.2 Å². The number of quaternary nitrogens is 2. The van der Waals surface area contributed by atoms with E-state index >= 15 is 0 Å². The van der Waals surface area contributed by atoms with Crippen molar-refractivity contribution in [1.82, 2.24) is 0 Å². The summed E-state index contributed by atoms with van der Waals surface area (Å²) in [4.78, 5) is 0. The lowest BCUT2D eigenvalue weighted by Crippen LogP contribution is -2.88. The molecule has 0 amide bonds. The third kappa shape index (κ3) is 5.07. The SMILES string of the molecule is CC[C@@H](C)c1ccccc1OCCC[NH2+]CC[NH3+]. The predicted octanol–water partition coefficient (Wildman–Crippen LogP) is 0.774. The largest absolute Gasteiger partial charge is 0.493 e. The molecule has 0 saturated heterocycles. The maximum Gasteiger partial charge on any atom is 0.125 e. The number of hydrogen-bond acceptors (Lipinski definition) is 1. The molecule has 3 heteroatoms. The van der Waals surface area contributed by atoms with Crippen molar-refractivity contribution in [3.8, 4) is 5.75 Å². The summed E-state index contributed by atoms with van der Waals surface area (Å²) in [5, 5.41) is 2.30. The molecular formula is C15H28N2O+2. The van der Waals surface area contributed by atoms with Crippen molar-refractivity contribution < 1.29 is 15.8 Å². The highest BCUT2D eigenvalue weighted by atomic mass is 16.5. The molecule has 1 atom stereocenters. The van der Waals surface area contributed by atoms with Crippen LogP contribution in [-0.2, 0) is 0 Å². The monoisotopic (exact) mass is 252 g/mol. The molecule has 0 spiro atoms. The second-order valence-corrected chi connectivity index (χ2v) is 4.77. The number of rotatable bonds is 9. The molecule has 0 aliphatic heterocycles. The van der Waals surface area contributed by atoms with Gasteiger partial charge in [0.1, 0.15) is 18.8 Å². The number of para-hydroxylation sites is 1. The van der Waals surface area contributed by atoms with Gasteiger partial charge in [0, 0.05) is 6.42 Å². The topological polar surface area (TPSA) is 53.5 Å². The van der Waals surface area contributed by atoms with Crippen LogP contribution >= 0.6 is 0 Å². The summed E-state index contributed by atoms with van der Waals surface area (Å²) in [6.45, 7) is 8.52. The van der Waals surface area contributed by atoms with Gasteiger partial charge in [0.15, 0.2) is 0 Å². The van der Waals surface area contributed by atoms with Crippen LogP contribution in [0, 0.1) is 0 Å². The molecule has 1 rings (SSSR count). The van der Waals surface area contributed by atoms with Crippen LogP contribution in [0.1, 0.15) is 38.2 Å². The highest BCUT2D eigenvalue weighted by Gasteiger charge is 2.09. The van der Waals surface area contributed by atoms with Crippen molar-refractivity contribution >= 4 is 0 Å². The number of hydrogen-bond donors (Lipinski definition) is 2. The zero-order valence-corrected chi connectivity index (χ0v) is 11.8. The summed E-state index contributed by atoms with van der Waals surface area (Å²) in [7, 11) is 0. The van der Waals surface area contributed by atoms with Crippen LogP contribution in [0.2, 0.25) is 0 Å². The van der Waals surface area contributed by atoms with Crippen LogP contribution in [0.4, 0.5) is 0 Å². The molecule has 1 aromatic rings. The minimum atomic E-state index is 0.568. The Morgan fingerprint density at radius 2 is 2.06 bits per heavy atom. The molecule has 0 fully saturated rings. The van der Waals surface area contributed by atoms with Gasteiger partial charge in [-0.25, -0.2) is 0 Å². The average Bonchev–Trinajstić information content (AvgIpc) is 2.42. The number of benzene rings is 1. The smallest absolute Gasteiger partial charge is 0.125 e. The fourth-order valence-electron chi connectivity index (χ4n) is 1.94. The summed E-state index contributed by atoms with van der Waals surface area (Å²) in [6, 6.07) is 8.41. The van der Waals surface area contributed by atoms with Gasteiger partial charge in [-0.1, -0.05) is 32.0 Å². The summed E-state index contributed by atoms with van der Waals surface area (Å²) >= 11 is 0. The minimum absolute atomic E-state index is 0.568. The lowest BCUT2D eigenvalue weighted by molar-refractivity contribution is -0.670. The molecule has 5 N–H and O–H groups in total. The van der Waals surface area contributed by atoms with E-state index in [2.05, 4.69) is 49.2 Å². The molecule has 0 unspecified atom stereocenters. The van der Waals surface area contributed by atoms with E-state index in [-0.39, 0.29) is 0 Å². The highest BCUT2D eigenvalue weighted by molar-refractivity contribution is 5.35. The third-order valence-corrected chi connectivity index (χ3v) is 3.28. The molecule has 0 saturated carbocycles. The fourth-order valence-corrected chi connectivity index (χ4v) is 1.94. The van der Waals surface area contributed by atoms with Gasteiger partial charge in [0.2, 0.25) is 0 Å². The molecule has 0 heterocycles. The van der Waals surface area contributed by atoms with E-state index in [1.54, 1.807) is 0 Å². The number of ether oxygens (including phenoxy) is 1. The van der Waals surface area contributed by atoms with Crippen LogP contribution in [-0.4, -0.2) is 26.2 Å². The fraction of sp³-hybridized carbons (Fsp3) is 0.600. The Hall–Kier alpha value is -1.06. The van der Waals surface area contributed by atoms with Gasteiger partial charge in [0.25, 0.3) is 0 Å². The van der Waals surface area contributed by atoms with E-state index in [4.69, 9.17) is 4.74 Å². The second kappa shape index (κ2) is 8.95. The van der Waals surface area contributed by atoms with Crippen LogP contribution < -0.4 is 15.8 Å². The first-order valence-electron chi connectivity index (χ1n) is 7.12. The van der Waals surface area contributed by atoms with Crippen LogP contribution in [0.5, 0.6) is 5.75 Å². The summed E-state index contributed by atoms with van der Waals surface area (Å²) < 4.78 is 5.90. The molecule has 3 nitrogen and oxygen atoms in total. The average molecular weight is 252 g/mol. The van der Waals surface area contributed by atoms with Crippen LogP contribution in [0.25, 0.3) is 0 Å². The Morgan fingerprint density at radius 1 is 1.28 bits per heavy atom. The molecule has 0 aliphatic rings. The molecular weight excluding hydrogens is 224 g/mol. The second-order valence-electron chi connectivity index (χ2n) is 4.77. The van der Waals surface area contributed by atoms with Crippen LogP contribution in [0.15, 0.2) is 24.3 Å². The van der Waals surface area contributed by atoms with Gasteiger partial charge >= 0.3 is 0 Å². The Balaban J connectivity index is 2.37. The highest BCUT2D eigenvalue weighted by Crippen LogP contribution is 2.28. The Kier molecular flexibility index (Phi) is 7.46. The summed E-state index contributed by atoms with van der Waals surface area (Å²) in [6.07, 6.45) is 2.24. The van der Waals surface area contributed by atoms with E-state index in [9.17, 15) is 0 Å². The van der Waals surface area contributed by atoms with Gasteiger partial charge in [-0.15, -0.1) is 0 Å². The Bertz CT molecular complexity index is 328. The normalized spacial score (nSPS) is 12.4. The third-order valence-electron chi connectivity index (χ3n) is 3.28. The van der Waals surface area contributed by atoms with Crippen molar-refractivity contribution in [2.24, 2.45) is 0 Å². The molecule has 18 heavy (non-hydrogen) atoms. The first-order valence-corrected chi connectivity index (χ1v) is 7.12. The predicted molar refractivity (Wildman–Crippen MR) is 74.7 cm³/mol. The lowest BCUT2D eigenvalue weighted by atomic mass is 9.98. The van der Waals surface area contributed by atoms with E-state index in [0.717, 1.165) is 44.8 Å². The maximum atomic E-state index is 5.90. The standard InChI is InChI=1S/C15H26N2O/c1-3-13(2)14-7-4-5-8-15(14)18-12-6-10-17-11-9-16/h4-5,7-8,13,17H,3,6,9-12,16H2,1-2H3/p+2/t13-/m1/s1.